The van der Waals surface area contributed by atoms with E-state index >= 15 is 0 Å². The van der Waals surface area contributed by atoms with Crippen LogP contribution in [0.2, 0.25) is 0 Å². The van der Waals surface area contributed by atoms with E-state index in [1.54, 1.807) is 84.9 Å². The molecule has 0 saturated carbocycles. The van der Waals surface area contributed by atoms with E-state index in [0.717, 1.165) is 8.61 Å². The SMILES string of the molecule is COC(=O)c1ccc(CN2C(COc3ccccc3)=C(O)C(O)=C(COc3ccccc3)N(Cc3ccc(C(=O)OC)cc3)S2(=O)=O)cc1. The number of para-hydroxylation sites is 2. The molecular formula is C36H34N2O10S. The number of esters is 2. The lowest BCUT2D eigenvalue weighted by molar-refractivity contribution is 0.0592. The van der Waals surface area contributed by atoms with E-state index in [0.29, 0.717) is 22.6 Å². The highest BCUT2D eigenvalue weighted by atomic mass is 32.2. The number of nitrogens with zero attached hydrogens (tertiary/aromatic N) is 2. The molecule has 1 aliphatic heterocycles. The van der Waals surface area contributed by atoms with Gasteiger partial charge in [0, 0.05) is 0 Å². The van der Waals surface area contributed by atoms with Gasteiger partial charge in [0.1, 0.15) is 36.1 Å². The van der Waals surface area contributed by atoms with Crippen molar-refractivity contribution in [1.82, 2.24) is 8.61 Å². The predicted molar refractivity (Wildman–Crippen MR) is 179 cm³/mol. The van der Waals surface area contributed by atoms with Crippen LogP contribution in [0.5, 0.6) is 11.5 Å². The molecule has 0 fully saturated rings. The molecular weight excluding hydrogens is 652 g/mol. The van der Waals surface area contributed by atoms with Crippen molar-refractivity contribution in [3.05, 3.63) is 154 Å². The standard InChI is InChI=1S/C36H34N2O10S/c1-45-35(41)27-17-13-25(14-18-27)21-37-31(23-47-29-9-5-3-6-10-29)33(39)34(40)32(24-48-30-11-7-4-8-12-30)38(49(37,43)44)22-26-15-19-28(20-16-26)36(42)46-2/h3-20,39-40H,21-24H2,1-2H3. The summed E-state index contributed by atoms with van der Waals surface area (Å²) in [4.78, 5) is 24.1. The van der Waals surface area contributed by atoms with Gasteiger partial charge in [0.2, 0.25) is 0 Å². The van der Waals surface area contributed by atoms with Crippen molar-refractivity contribution in [1.29, 1.82) is 0 Å². The van der Waals surface area contributed by atoms with Crippen LogP contribution in [0.1, 0.15) is 31.8 Å². The Labute approximate surface area is 283 Å². The van der Waals surface area contributed by atoms with Gasteiger partial charge in [-0.2, -0.15) is 8.42 Å². The van der Waals surface area contributed by atoms with Gasteiger partial charge in [-0.05, 0) is 59.7 Å². The minimum atomic E-state index is -4.64. The molecule has 1 aliphatic rings. The summed E-state index contributed by atoms with van der Waals surface area (Å²) in [5, 5.41) is 23.2. The van der Waals surface area contributed by atoms with E-state index in [9.17, 15) is 28.2 Å². The molecule has 0 spiro atoms. The maximum absolute atomic E-state index is 14.8. The zero-order valence-electron chi connectivity index (χ0n) is 26.7. The number of ether oxygens (including phenoxy) is 4. The Balaban J connectivity index is 1.61. The van der Waals surface area contributed by atoms with Gasteiger partial charge in [-0.1, -0.05) is 60.7 Å². The number of rotatable bonds is 12. The smallest absolute Gasteiger partial charge is 0.337 e. The highest BCUT2D eigenvalue weighted by Crippen LogP contribution is 2.34. The minimum Gasteiger partial charge on any atom is -0.503 e. The largest absolute Gasteiger partial charge is 0.503 e. The number of hydrogen-bond donors (Lipinski definition) is 2. The van der Waals surface area contributed by atoms with Crippen molar-refractivity contribution >= 4 is 22.1 Å². The van der Waals surface area contributed by atoms with Crippen molar-refractivity contribution in [3.8, 4) is 11.5 Å². The molecule has 0 bridgehead atoms. The van der Waals surface area contributed by atoms with Crippen molar-refractivity contribution in [3.63, 3.8) is 0 Å². The third-order valence-electron chi connectivity index (χ3n) is 7.57. The van der Waals surface area contributed by atoms with Gasteiger partial charge in [0.05, 0.1) is 38.4 Å². The molecule has 0 saturated heterocycles. The van der Waals surface area contributed by atoms with Crippen LogP contribution in [-0.2, 0) is 32.8 Å². The Morgan fingerprint density at radius 1 is 0.571 bits per heavy atom. The minimum absolute atomic E-state index is 0.251. The quantitative estimate of drug-likeness (QED) is 0.182. The van der Waals surface area contributed by atoms with Crippen molar-refractivity contribution in [2.45, 2.75) is 13.1 Å². The van der Waals surface area contributed by atoms with Crippen molar-refractivity contribution in [2.75, 3.05) is 27.4 Å². The zero-order chi connectivity index (χ0) is 35.0. The second-order valence-corrected chi connectivity index (χ2v) is 12.5. The maximum Gasteiger partial charge on any atom is 0.337 e. The van der Waals surface area contributed by atoms with Gasteiger partial charge < -0.3 is 29.2 Å². The molecule has 2 N–H and O–H groups in total. The fourth-order valence-electron chi connectivity index (χ4n) is 4.94. The molecule has 0 unspecified atom stereocenters. The number of carbonyl (C=O) groups excluding carboxylic acids is 2. The van der Waals surface area contributed by atoms with Gasteiger partial charge in [-0.3, -0.25) is 0 Å². The molecule has 0 aliphatic carbocycles. The van der Waals surface area contributed by atoms with E-state index < -0.39 is 46.9 Å². The molecule has 4 aromatic carbocycles. The summed E-state index contributed by atoms with van der Waals surface area (Å²) in [5.74, 6) is -1.81. The number of aliphatic hydroxyl groups excluding tert-OH is 2. The lowest BCUT2D eigenvalue weighted by Crippen LogP contribution is -2.43. The Kier molecular flexibility index (Phi) is 10.7. The third-order valence-corrected chi connectivity index (χ3v) is 9.38. The fraction of sp³-hybridized carbons (Fsp3) is 0.167. The molecule has 49 heavy (non-hydrogen) atoms. The molecule has 0 aromatic heterocycles. The first-order valence-corrected chi connectivity index (χ1v) is 16.4. The molecule has 0 atom stereocenters. The highest BCUT2D eigenvalue weighted by Gasteiger charge is 2.41. The first kappa shape index (κ1) is 34.4. The average Bonchev–Trinajstić information content (AvgIpc) is 3.18. The fourth-order valence-corrected chi connectivity index (χ4v) is 6.64. The number of benzene rings is 4. The summed E-state index contributed by atoms with van der Waals surface area (Å²) in [6.07, 6.45) is 0. The second-order valence-electron chi connectivity index (χ2n) is 10.7. The van der Waals surface area contributed by atoms with Crippen LogP contribution in [0.15, 0.2) is 132 Å². The topological polar surface area (TPSA) is 152 Å². The zero-order valence-corrected chi connectivity index (χ0v) is 27.5. The Hall–Kier alpha value is -5.95. The molecule has 254 valence electrons. The summed E-state index contributed by atoms with van der Waals surface area (Å²) >= 11 is 0. The van der Waals surface area contributed by atoms with Crippen LogP contribution in [-0.4, -0.2) is 66.6 Å². The monoisotopic (exact) mass is 686 g/mol. The maximum atomic E-state index is 14.8. The summed E-state index contributed by atoms with van der Waals surface area (Å²) in [7, 11) is -2.14. The van der Waals surface area contributed by atoms with E-state index in [-0.39, 0.29) is 35.6 Å². The molecule has 0 amide bonds. The normalized spacial score (nSPS) is 14.2. The summed E-state index contributed by atoms with van der Waals surface area (Å²) in [6, 6.07) is 29.4. The van der Waals surface area contributed by atoms with Crippen LogP contribution in [0.25, 0.3) is 0 Å². The number of aliphatic hydroxyl groups is 2. The van der Waals surface area contributed by atoms with Crippen LogP contribution in [0.3, 0.4) is 0 Å². The lowest BCUT2D eigenvalue weighted by Gasteiger charge is -2.33. The number of methoxy groups -OCH3 is 2. The average molecular weight is 687 g/mol. The summed E-state index contributed by atoms with van der Waals surface area (Å²) in [6.45, 7) is -1.54. The molecule has 0 radical (unpaired) electrons. The Morgan fingerprint density at radius 2 is 0.918 bits per heavy atom. The van der Waals surface area contributed by atoms with Crippen molar-refractivity contribution < 1.29 is 47.2 Å². The van der Waals surface area contributed by atoms with Crippen LogP contribution in [0.4, 0.5) is 0 Å². The lowest BCUT2D eigenvalue weighted by atomic mass is 10.1. The van der Waals surface area contributed by atoms with Crippen LogP contribution >= 0.6 is 0 Å². The van der Waals surface area contributed by atoms with E-state index in [4.69, 9.17) is 18.9 Å². The Morgan fingerprint density at radius 3 is 1.24 bits per heavy atom. The molecule has 13 heteroatoms. The van der Waals surface area contributed by atoms with Gasteiger partial charge in [-0.15, -0.1) is 0 Å². The molecule has 4 aromatic rings. The van der Waals surface area contributed by atoms with Gasteiger partial charge >= 0.3 is 22.1 Å². The molecule has 5 rings (SSSR count). The predicted octanol–water partition coefficient (Wildman–Crippen LogP) is 5.52. The first-order chi connectivity index (χ1) is 23.6. The summed E-state index contributed by atoms with van der Waals surface area (Å²) in [5.41, 5.74) is 0.915. The molecule has 12 nitrogen and oxygen atoms in total. The number of hydrogen-bond acceptors (Lipinski definition) is 10. The molecule has 1 heterocycles. The van der Waals surface area contributed by atoms with E-state index in [2.05, 4.69) is 0 Å². The third kappa shape index (κ3) is 7.96. The van der Waals surface area contributed by atoms with E-state index in [1.165, 1.54) is 38.5 Å². The van der Waals surface area contributed by atoms with Crippen LogP contribution in [0, 0.1) is 0 Å². The van der Waals surface area contributed by atoms with Crippen molar-refractivity contribution in [2.24, 2.45) is 0 Å². The van der Waals surface area contributed by atoms with E-state index in [1.807, 2.05) is 0 Å². The van der Waals surface area contributed by atoms with Gasteiger partial charge in [0.25, 0.3) is 0 Å². The number of carbonyl (C=O) groups is 2. The summed E-state index contributed by atoms with van der Waals surface area (Å²) < 4.78 is 52.9. The highest BCUT2D eigenvalue weighted by molar-refractivity contribution is 7.87. The second kappa shape index (κ2) is 15.3. The Bertz CT molecular complexity index is 1810. The first-order valence-electron chi connectivity index (χ1n) is 15.0. The van der Waals surface area contributed by atoms with Crippen LogP contribution < -0.4 is 9.47 Å². The van der Waals surface area contributed by atoms with Gasteiger partial charge in [0.15, 0.2) is 11.5 Å². The van der Waals surface area contributed by atoms with Gasteiger partial charge in [-0.25, -0.2) is 18.2 Å².